The van der Waals surface area contributed by atoms with E-state index >= 15 is 0 Å². The van der Waals surface area contributed by atoms with Crippen LogP contribution in [-0.4, -0.2) is 55.0 Å². The number of hydrogen-bond donors (Lipinski definition) is 1. The quantitative estimate of drug-likeness (QED) is 0.629. The smallest absolute Gasteiger partial charge is 0.407 e. The van der Waals surface area contributed by atoms with E-state index in [1.54, 1.807) is 0 Å². The van der Waals surface area contributed by atoms with Gasteiger partial charge in [0.2, 0.25) is 0 Å². The molecule has 0 unspecified atom stereocenters. The summed E-state index contributed by atoms with van der Waals surface area (Å²) in [6, 6.07) is 0. The predicted molar refractivity (Wildman–Crippen MR) is 45.9 cm³/mol. The molecule has 0 aromatic rings. The fraction of sp³-hybridized carbons (Fsp3) is 0.800. The van der Waals surface area contributed by atoms with Gasteiger partial charge in [-0.15, -0.1) is 0 Å². The van der Waals surface area contributed by atoms with Crippen molar-refractivity contribution in [2.75, 3.05) is 26.2 Å². The highest BCUT2D eigenvalue weighted by atomic mass is 35.7. The van der Waals surface area contributed by atoms with Gasteiger partial charge in [-0.2, -0.15) is 12.7 Å². The van der Waals surface area contributed by atoms with E-state index < -0.39 is 15.3 Å². The highest BCUT2D eigenvalue weighted by Gasteiger charge is 2.26. The van der Waals surface area contributed by atoms with Crippen LogP contribution in [-0.2, 0) is 9.24 Å². The third-order valence-electron chi connectivity index (χ3n) is 1.82. The Balaban J connectivity index is 2.53. The number of hydrogen-bond acceptors (Lipinski definition) is 3. The van der Waals surface area contributed by atoms with E-state index in [4.69, 9.17) is 15.8 Å². The van der Waals surface area contributed by atoms with Crippen LogP contribution in [0.1, 0.15) is 0 Å². The summed E-state index contributed by atoms with van der Waals surface area (Å²) >= 11 is 0. The standard InChI is InChI=1S/C5H9ClN2O4S/c6-13(11,12)8-3-1-7(2-4-8)5(9)10/h1-4H2,(H,9,10). The van der Waals surface area contributed by atoms with E-state index in [0.29, 0.717) is 0 Å². The molecule has 0 bridgehead atoms. The lowest BCUT2D eigenvalue weighted by atomic mass is 10.4. The summed E-state index contributed by atoms with van der Waals surface area (Å²) in [6.45, 7) is 0.582. The number of rotatable bonds is 1. The monoisotopic (exact) mass is 228 g/mol. The lowest BCUT2D eigenvalue weighted by Gasteiger charge is -2.30. The van der Waals surface area contributed by atoms with Crippen LogP contribution in [0, 0.1) is 0 Å². The van der Waals surface area contributed by atoms with Crippen molar-refractivity contribution in [3.63, 3.8) is 0 Å². The molecule has 1 saturated heterocycles. The highest BCUT2D eigenvalue weighted by Crippen LogP contribution is 2.10. The molecule has 6 nitrogen and oxygen atoms in total. The normalized spacial score (nSPS) is 20.2. The zero-order chi connectivity index (χ0) is 10.1. The molecule has 1 amide bonds. The molecular formula is C5H9ClN2O4S. The number of carbonyl (C=O) groups is 1. The predicted octanol–water partition coefficient (Wildman–Crippen LogP) is -0.234. The Kier molecular flexibility index (Phi) is 2.99. The Morgan fingerprint density at radius 2 is 1.69 bits per heavy atom. The van der Waals surface area contributed by atoms with Gasteiger partial charge in [0.05, 0.1) is 0 Å². The van der Waals surface area contributed by atoms with Gasteiger partial charge in [-0.05, 0) is 0 Å². The molecule has 76 valence electrons. The van der Waals surface area contributed by atoms with Gasteiger partial charge < -0.3 is 10.0 Å². The van der Waals surface area contributed by atoms with Crippen molar-refractivity contribution in [2.45, 2.75) is 0 Å². The number of amides is 1. The van der Waals surface area contributed by atoms with Crippen LogP contribution < -0.4 is 0 Å². The van der Waals surface area contributed by atoms with E-state index in [1.165, 1.54) is 0 Å². The van der Waals surface area contributed by atoms with Crippen LogP contribution in [0.5, 0.6) is 0 Å². The van der Waals surface area contributed by atoms with Gasteiger partial charge in [-0.3, -0.25) is 0 Å². The molecule has 0 aromatic heterocycles. The van der Waals surface area contributed by atoms with E-state index in [2.05, 4.69) is 0 Å². The minimum Gasteiger partial charge on any atom is -0.465 e. The molecule has 13 heavy (non-hydrogen) atoms. The van der Waals surface area contributed by atoms with Crippen molar-refractivity contribution in [1.82, 2.24) is 9.21 Å². The summed E-state index contributed by atoms with van der Waals surface area (Å²) in [5, 5.41) is 8.55. The molecular weight excluding hydrogens is 220 g/mol. The van der Waals surface area contributed by atoms with Crippen LogP contribution >= 0.6 is 10.7 Å². The molecule has 1 heterocycles. The van der Waals surface area contributed by atoms with Gasteiger partial charge in [0.1, 0.15) is 0 Å². The number of halogens is 1. The molecule has 1 fully saturated rings. The van der Waals surface area contributed by atoms with Crippen molar-refractivity contribution in [3.05, 3.63) is 0 Å². The van der Waals surface area contributed by atoms with E-state index in [1.807, 2.05) is 0 Å². The molecule has 1 aliphatic heterocycles. The third-order valence-corrected chi connectivity index (χ3v) is 3.39. The fourth-order valence-corrected chi connectivity index (χ4v) is 2.11. The summed E-state index contributed by atoms with van der Waals surface area (Å²) < 4.78 is 22.6. The zero-order valence-electron chi connectivity index (χ0n) is 6.68. The molecule has 1 N–H and O–H groups in total. The molecule has 0 aromatic carbocycles. The van der Waals surface area contributed by atoms with Crippen molar-refractivity contribution in [1.29, 1.82) is 0 Å². The van der Waals surface area contributed by atoms with Crippen molar-refractivity contribution in [2.24, 2.45) is 0 Å². The summed E-state index contributed by atoms with van der Waals surface area (Å²) in [7, 11) is 1.38. The van der Waals surface area contributed by atoms with E-state index in [9.17, 15) is 13.2 Å². The summed E-state index contributed by atoms with van der Waals surface area (Å²) in [5.74, 6) is 0. The maximum atomic E-state index is 10.8. The first-order valence-corrected chi connectivity index (χ1v) is 5.85. The van der Waals surface area contributed by atoms with Gasteiger partial charge in [0.15, 0.2) is 0 Å². The molecule has 8 heteroatoms. The molecule has 1 rings (SSSR count). The van der Waals surface area contributed by atoms with Gasteiger partial charge >= 0.3 is 6.09 Å². The second-order valence-corrected chi connectivity index (χ2v) is 5.12. The van der Waals surface area contributed by atoms with Crippen molar-refractivity contribution >= 4 is 26.0 Å². The van der Waals surface area contributed by atoms with Crippen LogP contribution in [0.3, 0.4) is 0 Å². The van der Waals surface area contributed by atoms with Crippen LogP contribution in [0.2, 0.25) is 0 Å². The average molecular weight is 229 g/mol. The Morgan fingerprint density at radius 3 is 2.00 bits per heavy atom. The van der Waals surface area contributed by atoms with Gasteiger partial charge in [0.25, 0.3) is 9.24 Å². The first-order chi connectivity index (χ1) is 5.91. The van der Waals surface area contributed by atoms with Crippen LogP contribution in [0.4, 0.5) is 4.79 Å². The largest absolute Gasteiger partial charge is 0.465 e. The maximum absolute atomic E-state index is 10.8. The lowest BCUT2D eigenvalue weighted by Crippen LogP contribution is -2.49. The summed E-state index contributed by atoms with van der Waals surface area (Å²) in [6.07, 6.45) is -1.04. The molecule has 0 spiro atoms. The molecule has 0 radical (unpaired) electrons. The van der Waals surface area contributed by atoms with E-state index in [-0.39, 0.29) is 26.2 Å². The SMILES string of the molecule is O=C(O)N1CCN(S(=O)(=O)Cl)CC1. The van der Waals surface area contributed by atoms with Crippen molar-refractivity contribution < 1.29 is 18.3 Å². The number of piperazine rings is 1. The van der Waals surface area contributed by atoms with Gasteiger partial charge in [-0.1, -0.05) is 0 Å². The Labute approximate surface area is 80.2 Å². The maximum Gasteiger partial charge on any atom is 0.407 e. The fourth-order valence-electron chi connectivity index (χ4n) is 1.10. The number of nitrogens with zero attached hydrogens (tertiary/aromatic N) is 2. The molecule has 0 aliphatic carbocycles. The molecule has 0 saturated carbocycles. The van der Waals surface area contributed by atoms with Crippen LogP contribution in [0.25, 0.3) is 0 Å². The van der Waals surface area contributed by atoms with Gasteiger partial charge in [0, 0.05) is 36.9 Å². The van der Waals surface area contributed by atoms with Crippen LogP contribution in [0.15, 0.2) is 0 Å². The Bertz CT molecular complexity index is 296. The highest BCUT2D eigenvalue weighted by molar-refractivity contribution is 8.11. The lowest BCUT2D eigenvalue weighted by molar-refractivity contribution is 0.127. The van der Waals surface area contributed by atoms with Gasteiger partial charge in [-0.25, -0.2) is 4.79 Å². The zero-order valence-corrected chi connectivity index (χ0v) is 8.25. The Hall–Kier alpha value is -0.530. The minimum atomic E-state index is -3.69. The molecule has 0 atom stereocenters. The summed E-state index contributed by atoms with van der Waals surface area (Å²) in [5.41, 5.74) is 0. The second kappa shape index (κ2) is 3.69. The first kappa shape index (κ1) is 10.6. The average Bonchev–Trinajstić information content (AvgIpc) is 2.03. The van der Waals surface area contributed by atoms with Crippen molar-refractivity contribution in [3.8, 4) is 0 Å². The third kappa shape index (κ3) is 2.71. The Morgan fingerprint density at radius 1 is 1.23 bits per heavy atom. The summed E-state index contributed by atoms with van der Waals surface area (Å²) in [4.78, 5) is 11.6. The van der Waals surface area contributed by atoms with E-state index in [0.717, 1.165) is 9.21 Å². The topological polar surface area (TPSA) is 77.9 Å². The second-order valence-electron chi connectivity index (χ2n) is 2.61. The minimum absolute atomic E-state index is 0.123. The first-order valence-electron chi connectivity index (χ1n) is 3.59. The molecule has 1 aliphatic rings. The number of carboxylic acid groups (broad SMARTS) is 1.